The molecule has 2 aliphatic carbocycles. The topological polar surface area (TPSA) is 37.8 Å². The highest BCUT2D eigenvalue weighted by atomic mass is 15.0. The third-order valence-corrected chi connectivity index (χ3v) is 3.55. The SMILES string of the molecule is c1ccc(Nc2ncnc3cc4cccccc-4c23)cc1. The van der Waals surface area contributed by atoms with Gasteiger partial charge in [0.2, 0.25) is 0 Å². The van der Waals surface area contributed by atoms with Gasteiger partial charge in [0.25, 0.3) is 0 Å². The highest BCUT2D eigenvalue weighted by Crippen LogP contribution is 2.36. The predicted molar refractivity (Wildman–Crippen MR) is 85.9 cm³/mol. The fourth-order valence-electron chi connectivity index (χ4n) is 2.59. The molecule has 0 bridgehead atoms. The summed E-state index contributed by atoms with van der Waals surface area (Å²) in [5.41, 5.74) is 4.32. The fraction of sp³-hybridized carbons (Fsp3) is 0. The van der Waals surface area contributed by atoms with Crippen LogP contribution in [-0.2, 0) is 0 Å². The molecular formula is C18H13N3. The van der Waals surface area contributed by atoms with Crippen molar-refractivity contribution in [3.8, 4) is 11.1 Å². The van der Waals surface area contributed by atoms with Crippen LogP contribution >= 0.6 is 0 Å². The Morgan fingerprint density at radius 3 is 2.38 bits per heavy atom. The Labute approximate surface area is 122 Å². The number of hydrogen-bond donors (Lipinski definition) is 1. The first-order valence-corrected chi connectivity index (χ1v) is 6.86. The predicted octanol–water partition coefficient (Wildman–Crippen LogP) is 4.48. The first-order chi connectivity index (χ1) is 10.4. The maximum Gasteiger partial charge on any atom is 0.142 e. The van der Waals surface area contributed by atoms with E-state index in [0.29, 0.717) is 0 Å². The lowest BCUT2D eigenvalue weighted by Gasteiger charge is -2.07. The lowest BCUT2D eigenvalue weighted by Crippen LogP contribution is -1.94. The summed E-state index contributed by atoms with van der Waals surface area (Å²) in [6, 6.07) is 22.5. The number of rotatable bonds is 2. The molecule has 0 radical (unpaired) electrons. The molecule has 4 rings (SSSR count). The molecule has 0 unspecified atom stereocenters. The van der Waals surface area contributed by atoms with Crippen LogP contribution in [0.4, 0.5) is 11.5 Å². The third kappa shape index (κ3) is 2.09. The van der Waals surface area contributed by atoms with Crippen LogP contribution in [0.15, 0.2) is 73.1 Å². The van der Waals surface area contributed by atoms with Crippen LogP contribution in [0.2, 0.25) is 0 Å². The molecule has 21 heavy (non-hydrogen) atoms. The Morgan fingerprint density at radius 1 is 0.762 bits per heavy atom. The van der Waals surface area contributed by atoms with E-state index in [1.54, 1.807) is 6.33 Å². The number of anilines is 2. The summed E-state index contributed by atoms with van der Waals surface area (Å²) < 4.78 is 0. The van der Waals surface area contributed by atoms with E-state index in [-0.39, 0.29) is 0 Å². The monoisotopic (exact) mass is 271 g/mol. The summed E-state index contributed by atoms with van der Waals surface area (Å²) in [5.74, 6) is 0.840. The number of aromatic nitrogens is 2. The van der Waals surface area contributed by atoms with Crippen molar-refractivity contribution in [1.82, 2.24) is 9.97 Å². The van der Waals surface area contributed by atoms with Crippen LogP contribution in [0.5, 0.6) is 0 Å². The number of nitrogens with one attached hydrogen (secondary N) is 1. The van der Waals surface area contributed by atoms with Gasteiger partial charge in [0, 0.05) is 5.69 Å². The van der Waals surface area contributed by atoms with E-state index in [0.717, 1.165) is 28.0 Å². The van der Waals surface area contributed by atoms with Crippen molar-refractivity contribution in [2.75, 3.05) is 5.32 Å². The Hall–Kier alpha value is -2.94. The summed E-state index contributed by atoms with van der Waals surface area (Å²) in [5, 5.41) is 4.45. The van der Waals surface area contributed by atoms with Gasteiger partial charge in [-0.2, -0.15) is 0 Å². The second-order valence-electron chi connectivity index (χ2n) is 4.90. The van der Waals surface area contributed by atoms with Crippen molar-refractivity contribution in [3.63, 3.8) is 0 Å². The van der Waals surface area contributed by atoms with Gasteiger partial charge in [-0.05, 0) is 29.3 Å². The van der Waals surface area contributed by atoms with Crippen molar-refractivity contribution in [3.05, 3.63) is 73.1 Å². The zero-order chi connectivity index (χ0) is 14.1. The Kier molecular flexibility index (Phi) is 2.75. The van der Waals surface area contributed by atoms with Crippen LogP contribution in [0.3, 0.4) is 0 Å². The number of fused-ring (bicyclic) bond motifs is 3. The molecule has 0 aliphatic heterocycles. The van der Waals surface area contributed by atoms with Crippen LogP contribution in [0, 0.1) is 0 Å². The lowest BCUT2D eigenvalue weighted by atomic mass is 10.1. The number of benzene rings is 1. The van der Waals surface area contributed by atoms with Gasteiger partial charge in [0.1, 0.15) is 12.1 Å². The molecular weight excluding hydrogens is 258 g/mol. The molecule has 0 spiro atoms. The molecule has 0 fully saturated rings. The van der Waals surface area contributed by atoms with Gasteiger partial charge in [-0.1, -0.05) is 48.5 Å². The van der Waals surface area contributed by atoms with Gasteiger partial charge in [-0.3, -0.25) is 0 Å². The van der Waals surface area contributed by atoms with Crippen molar-refractivity contribution in [2.45, 2.75) is 0 Å². The molecule has 2 aromatic rings. The minimum atomic E-state index is 0.840. The minimum absolute atomic E-state index is 0.840. The van der Waals surface area contributed by atoms with E-state index in [1.165, 1.54) is 5.56 Å². The Bertz CT molecular complexity index is 872. The standard InChI is InChI=1S/C18H13N3/c1-3-7-13-11-16-17(15(13)10-6-1)18(20-12-19-16)21-14-8-4-2-5-9-14/h1-12H,(H,19,20,21). The number of nitrogens with zero attached hydrogens (tertiary/aromatic N) is 2. The first-order valence-electron chi connectivity index (χ1n) is 6.86. The molecule has 1 N–H and O–H groups in total. The first kappa shape index (κ1) is 11.9. The maximum absolute atomic E-state index is 4.42. The quantitative estimate of drug-likeness (QED) is 0.584. The average Bonchev–Trinajstić information content (AvgIpc) is 2.72. The normalized spacial score (nSPS) is 10.9. The third-order valence-electron chi connectivity index (χ3n) is 3.55. The van der Waals surface area contributed by atoms with Crippen LogP contribution in [0.25, 0.3) is 22.0 Å². The molecule has 1 aromatic heterocycles. The zero-order valence-electron chi connectivity index (χ0n) is 11.3. The summed E-state index contributed by atoms with van der Waals surface area (Å²) in [4.78, 5) is 8.81. The molecule has 0 saturated carbocycles. The van der Waals surface area contributed by atoms with Gasteiger partial charge >= 0.3 is 0 Å². The molecule has 0 saturated heterocycles. The molecule has 1 aromatic carbocycles. The van der Waals surface area contributed by atoms with Gasteiger partial charge in [-0.25, -0.2) is 9.97 Å². The van der Waals surface area contributed by atoms with Crippen LogP contribution < -0.4 is 5.32 Å². The van der Waals surface area contributed by atoms with Gasteiger partial charge in [0.15, 0.2) is 0 Å². The van der Waals surface area contributed by atoms with E-state index >= 15 is 0 Å². The number of para-hydroxylation sites is 1. The molecule has 0 amide bonds. The number of hydrogen-bond acceptors (Lipinski definition) is 3. The zero-order valence-corrected chi connectivity index (χ0v) is 11.3. The summed E-state index contributed by atoms with van der Waals surface area (Å²) in [6.07, 6.45) is 1.60. The van der Waals surface area contributed by atoms with Gasteiger partial charge < -0.3 is 5.32 Å². The van der Waals surface area contributed by atoms with Crippen molar-refractivity contribution < 1.29 is 0 Å². The van der Waals surface area contributed by atoms with Crippen LogP contribution in [0.1, 0.15) is 0 Å². The van der Waals surface area contributed by atoms with Gasteiger partial charge in [0.05, 0.1) is 10.9 Å². The summed E-state index contributed by atoms with van der Waals surface area (Å²) in [7, 11) is 0. The van der Waals surface area contributed by atoms with Crippen molar-refractivity contribution in [1.29, 1.82) is 0 Å². The highest BCUT2D eigenvalue weighted by Gasteiger charge is 2.14. The summed E-state index contributed by atoms with van der Waals surface area (Å²) >= 11 is 0. The van der Waals surface area contributed by atoms with E-state index in [1.807, 2.05) is 48.5 Å². The largest absolute Gasteiger partial charge is 0.340 e. The van der Waals surface area contributed by atoms with Gasteiger partial charge in [-0.15, -0.1) is 0 Å². The van der Waals surface area contributed by atoms with E-state index in [2.05, 4.69) is 33.5 Å². The molecule has 0 atom stereocenters. The van der Waals surface area contributed by atoms with E-state index in [4.69, 9.17) is 0 Å². The molecule has 1 heterocycles. The highest BCUT2D eigenvalue weighted by molar-refractivity contribution is 6.06. The Morgan fingerprint density at radius 2 is 1.52 bits per heavy atom. The molecule has 2 aliphatic rings. The molecule has 100 valence electrons. The average molecular weight is 271 g/mol. The van der Waals surface area contributed by atoms with Crippen LogP contribution in [-0.4, -0.2) is 9.97 Å². The second kappa shape index (κ2) is 4.87. The second-order valence-corrected chi connectivity index (χ2v) is 4.90. The Balaban J connectivity index is 1.93. The fourth-order valence-corrected chi connectivity index (χ4v) is 2.59. The van der Waals surface area contributed by atoms with Crippen molar-refractivity contribution >= 4 is 22.4 Å². The molecule has 3 nitrogen and oxygen atoms in total. The minimum Gasteiger partial charge on any atom is -0.340 e. The van der Waals surface area contributed by atoms with E-state index < -0.39 is 0 Å². The van der Waals surface area contributed by atoms with Crippen molar-refractivity contribution in [2.24, 2.45) is 0 Å². The lowest BCUT2D eigenvalue weighted by molar-refractivity contribution is 1.22. The molecule has 3 heteroatoms. The smallest absolute Gasteiger partial charge is 0.142 e. The van der Waals surface area contributed by atoms with E-state index in [9.17, 15) is 0 Å². The maximum atomic E-state index is 4.42. The summed E-state index contributed by atoms with van der Waals surface area (Å²) in [6.45, 7) is 0.